The summed E-state index contributed by atoms with van der Waals surface area (Å²) in [6.07, 6.45) is 0.781. The molecule has 0 aliphatic rings. The minimum absolute atomic E-state index is 0.0162. The third-order valence-corrected chi connectivity index (χ3v) is 2.98. The SMILES string of the molecule is C=CCOC[C@@H](O)COc1ccc(S(=O)(=O)O)cc1. The second kappa shape index (κ2) is 7.25. The molecule has 19 heavy (non-hydrogen) atoms. The number of hydrogen-bond acceptors (Lipinski definition) is 5. The lowest BCUT2D eigenvalue weighted by Crippen LogP contribution is -2.23. The molecule has 1 rings (SSSR count). The van der Waals surface area contributed by atoms with Crippen LogP contribution in [0, 0.1) is 0 Å². The minimum Gasteiger partial charge on any atom is -0.491 e. The molecule has 1 atom stereocenters. The molecule has 0 amide bonds. The van der Waals surface area contributed by atoms with Gasteiger partial charge in [-0.15, -0.1) is 6.58 Å². The molecule has 0 radical (unpaired) electrons. The smallest absolute Gasteiger partial charge is 0.294 e. The summed E-state index contributed by atoms with van der Waals surface area (Å²) in [5.74, 6) is 0.384. The predicted molar refractivity (Wildman–Crippen MR) is 68.8 cm³/mol. The van der Waals surface area contributed by atoms with E-state index in [0.717, 1.165) is 0 Å². The summed E-state index contributed by atoms with van der Waals surface area (Å²) in [4.78, 5) is -0.213. The maximum atomic E-state index is 10.8. The van der Waals surface area contributed by atoms with Gasteiger partial charge in [0.15, 0.2) is 0 Å². The van der Waals surface area contributed by atoms with Crippen molar-refractivity contribution in [3.63, 3.8) is 0 Å². The van der Waals surface area contributed by atoms with Crippen molar-refractivity contribution in [1.29, 1.82) is 0 Å². The lowest BCUT2D eigenvalue weighted by atomic mass is 10.3. The quantitative estimate of drug-likeness (QED) is 0.419. The first-order valence-electron chi connectivity index (χ1n) is 5.50. The van der Waals surface area contributed by atoms with Gasteiger partial charge in [-0.1, -0.05) is 6.08 Å². The first kappa shape index (κ1) is 15.6. The van der Waals surface area contributed by atoms with Crippen LogP contribution in [0.4, 0.5) is 0 Å². The van der Waals surface area contributed by atoms with Gasteiger partial charge in [0, 0.05) is 0 Å². The highest BCUT2D eigenvalue weighted by Crippen LogP contribution is 2.15. The number of benzene rings is 1. The molecule has 0 unspecified atom stereocenters. The molecule has 0 heterocycles. The van der Waals surface area contributed by atoms with Crippen molar-refractivity contribution in [3.8, 4) is 5.75 Å². The van der Waals surface area contributed by atoms with Crippen LogP contribution in [0.25, 0.3) is 0 Å². The Bertz CT molecular complexity index is 493. The summed E-state index contributed by atoms with van der Waals surface area (Å²) < 4.78 is 40.7. The fraction of sp³-hybridized carbons (Fsp3) is 0.333. The molecule has 0 bridgehead atoms. The lowest BCUT2D eigenvalue weighted by molar-refractivity contribution is 0.0214. The zero-order valence-corrected chi connectivity index (χ0v) is 11.0. The van der Waals surface area contributed by atoms with Crippen molar-refractivity contribution < 1.29 is 27.6 Å². The third kappa shape index (κ3) is 5.84. The summed E-state index contributed by atoms with van der Waals surface area (Å²) in [5, 5.41) is 9.50. The fourth-order valence-electron chi connectivity index (χ4n) is 1.24. The summed E-state index contributed by atoms with van der Waals surface area (Å²) in [5.41, 5.74) is 0. The van der Waals surface area contributed by atoms with Gasteiger partial charge in [0.05, 0.1) is 18.1 Å². The molecule has 0 aliphatic carbocycles. The highest BCUT2D eigenvalue weighted by molar-refractivity contribution is 7.85. The Hall–Kier alpha value is -1.41. The van der Waals surface area contributed by atoms with Crippen molar-refractivity contribution in [2.24, 2.45) is 0 Å². The maximum Gasteiger partial charge on any atom is 0.294 e. The Balaban J connectivity index is 2.44. The Morgan fingerprint density at radius 1 is 1.26 bits per heavy atom. The van der Waals surface area contributed by atoms with Crippen LogP contribution >= 0.6 is 0 Å². The zero-order chi connectivity index (χ0) is 14.3. The van der Waals surface area contributed by atoms with E-state index in [1.165, 1.54) is 24.3 Å². The van der Waals surface area contributed by atoms with E-state index in [0.29, 0.717) is 12.4 Å². The number of hydrogen-bond donors (Lipinski definition) is 2. The number of rotatable bonds is 8. The van der Waals surface area contributed by atoms with Crippen LogP contribution < -0.4 is 4.74 Å². The Labute approximate surface area is 112 Å². The standard InChI is InChI=1S/C12H16O6S/c1-2-7-17-8-10(13)9-18-11-3-5-12(6-4-11)19(14,15)16/h2-6,10,13H,1,7-9H2,(H,14,15,16)/t10-/m1/s1. The van der Waals surface area contributed by atoms with Gasteiger partial charge in [0.2, 0.25) is 0 Å². The molecule has 0 fully saturated rings. The summed E-state index contributed by atoms with van der Waals surface area (Å²) >= 11 is 0. The van der Waals surface area contributed by atoms with Gasteiger partial charge in [0.25, 0.3) is 10.1 Å². The molecule has 7 heteroatoms. The van der Waals surface area contributed by atoms with Gasteiger partial charge < -0.3 is 14.6 Å². The highest BCUT2D eigenvalue weighted by atomic mass is 32.2. The monoisotopic (exact) mass is 288 g/mol. The lowest BCUT2D eigenvalue weighted by Gasteiger charge is -2.12. The van der Waals surface area contributed by atoms with Gasteiger partial charge in [-0.05, 0) is 24.3 Å². The minimum atomic E-state index is -4.20. The molecule has 2 N–H and O–H groups in total. The number of aliphatic hydroxyl groups excluding tert-OH is 1. The van der Waals surface area contributed by atoms with Gasteiger partial charge in [-0.2, -0.15) is 8.42 Å². The average molecular weight is 288 g/mol. The van der Waals surface area contributed by atoms with E-state index in [1.807, 2.05) is 0 Å². The van der Waals surface area contributed by atoms with E-state index in [-0.39, 0.29) is 18.1 Å². The van der Waals surface area contributed by atoms with Gasteiger partial charge in [-0.3, -0.25) is 4.55 Å². The van der Waals surface area contributed by atoms with Crippen LogP contribution in [-0.4, -0.2) is 44.0 Å². The van der Waals surface area contributed by atoms with Crippen LogP contribution in [-0.2, 0) is 14.9 Å². The summed E-state index contributed by atoms with van der Waals surface area (Å²) in [6, 6.07) is 5.21. The van der Waals surface area contributed by atoms with Crippen LogP contribution in [0.3, 0.4) is 0 Å². The summed E-state index contributed by atoms with van der Waals surface area (Å²) in [6.45, 7) is 3.96. The second-order valence-corrected chi connectivity index (χ2v) is 5.16. The van der Waals surface area contributed by atoms with Crippen molar-refractivity contribution in [2.45, 2.75) is 11.0 Å². The van der Waals surface area contributed by atoms with Crippen molar-refractivity contribution >= 4 is 10.1 Å². The van der Waals surface area contributed by atoms with E-state index in [9.17, 15) is 13.5 Å². The Morgan fingerprint density at radius 2 is 1.89 bits per heavy atom. The zero-order valence-electron chi connectivity index (χ0n) is 10.2. The van der Waals surface area contributed by atoms with Crippen LogP contribution in [0.1, 0.15) is 0 Å². The van der Waals surface area contributed by atoms with Crippen LogP contribution in [0.5, 0.6) is 5.75 Å². The average Bonchev–Trinajstić information content (AvgIpc) is 2.36. The topological polar surface area (TPSA) is 93.1 Å². The highest BCUT2D eigenvalue weighted by Gasteiger charge is 2.09. The van der Waals surface area contributed by atoms with E-state index in [2.05, 4.69) is 6.58 Å². The largest absolute Gasteiger partial charge is 0.491 e. The predicted octanol–water partition coefficient (Wildman–Crippen LogP) is 0.876. The fourth-order valence-corrected chi connectivity index (χ4v) is 1.72. The maximum absolute atomic E-state index is 10.8. The first-order valence-corrected chi connectivity index (χ1v) is 6.94. The van der Waals surface area contributed by atoms with Gasteiger partial charge in [0.1, 0.15) is 18.5 Å². The number of ether oxygens (including phenoxy) is 2. The Morgan fingerprint density at radius 3 is 2.42 bits per heavy atom. The van der Waals surface area contributed by atoms with E-state index >= 15 is 0 Å². The molecular weight excluding hydrogens is 272 g/mol. The van der Waals surface area contributed by atoms with E-state index in [1.54, 1.807) is 6.08 Å². The second-order valence-electron chi connectivity index (χ2n) is 3.74. The molecule has 0 spiro atoms. The van der Waals surface area contributed by atoms with E-state index < -0.39 is 16.2 Å². The molecule has 1 aromatic carbocycles. The summed E-state index contributed by atoms with van der Waals surface area (Å²) in [7, 11) is -4.20. The molecule has 0 saturated carbocycles. The molecule has 0 saturated heterocycles. The third-order valence-electron chi connectivity index (χ3n) is 2.11. The molecule has 0 aliphatic heterocycles. The molecular formula is C12H16O6S. The van der Waals surface area contributed by atoms with Crippen molar-refractivity contribution in [1.82, 2.24) is 0 Å². The van der Waals surface area contributed by atoms with E-state index in [4.69, 9.17) is 14.0 Å². The van der Waals surface area contributed by atoms with Crippen LogP contribution in [0.2, 0.25) is 0 Å². The van der Waals surface area contributed by atoms with Gasteiger partial charge >= 0.3 is 0 Å². The van der Waals surface area contributed by atoms with Crippen LogP contribution in [0.15, 0.2) is 41.8 Å². The van der Waals surface area contributed by atoms with Gasteiger partial charge in [-0.25, -0.2) is 0 Å². The number of aliphatic hydroxyl groups is 1. The molecule has 6 nitrogen and oxygen atoms in total. The van der Waals surface area contributed by atoms with Crippen molar-refractivity contribution in [3.05, 3.63) is 36.9 Å². The normalized spacial score (nSPS) is 12.9. The first-order chi connectivity index (χ1) is 8.93. The molecule has 0 aromatic heterocycles. The molecule has 106 valence electrons. The Kier molecular flexibility index (Phi) is 5.97. The molecule has 1 aromatic rings. The van der Waals surface area contributed by atoms with Crippen molar-refractivity contribution in [2.75, 3.05) is 19.8 Å².